The van der Waals surface area contributed by atoms with Gasteiger partial charge in [0, 0.05) is 12.8 Å². The quantitative estimate of drug-likeness (QED) is 0.0410. The second-order valence-electron chi connectivity index (χ2n) is 13.7. The van der Waals surface area contributed by atoms with Crippen LogP contribution in [0.4, 0.5) is 0 Å². The predicted molar refractivity (Wildman–Crippen MR) is 201 cm³/mol. The predicted octanol–water partition coefficient (Wildman–Crippen LogP) is 12.7. The second-order valence-corrected chi connectivity index (χ2v) is 13.7. The Morgan fingerprint density at radius 2 is 0.957 bits per heavy atom. The number of ether oxygens (including phenoxy) is 2. The first-order valence-electron chi connectivity index (χ1n) is 20.4. The molecule has 0 aliphatic rings. The minimum atomic E-state index is -0.140. The van der Waals surface area contributed by atoms with Crippen molar-refractivity contribution in [2.45, 2.75) is 226 Å². The van der Waals surface area contributed by atoms with Gasteiger partial charge in [0.2, 0.25) is 0 Å². The van der Waals surface area contributed by atoms with Crippen molar-refractivity contribution in [1.29, 1.82) is 0 Å². The van der Waals surface area contributed by atoms with Crippen molar-refractivity contribution in [2.24, 2.45) is 0 Å². The number of unbranched alkanes of at least 4 members (excludes halogenated alkanes) is 17. The highest BCUT2D eigenvalue weighted by Gasteiger charge is 2.13. The zero-order valence-electron chi connectivity index (χ0n) is 31.5. The summed E-state index contributed by atoms with van der Waals surface area (Å²) >= 11 is 0. The monoisotopic (exact) mass is 663 g/mol. The van der Waals surface area contributed by atoms with Crippen molar-refractivity contribution < 1.29 is 24.2 Å². The van der Waals surface area contributed by atoms with Gasteiger partial charge in [-0.1, -0.05) is 135 Å². The van der Waals surface area contributed by atoms with Crippen LogP contribution in [0.15, 0.2) is 24.3 Å². The molecule has 0 saturated heterocycles. The van der Waals surface area contributed by atoms with Crippen LogP contribution >= 0.6 is 0 Å². The number of esters is 2. The fourth-order valence-corrected chi connectivity index (χ4v) is 5.86. The lowest BCUT2D eigenvalue weighted by Crippen LogP contribution is -2.18. The number of carbonyl (C=O) groups is 2. The second kappa shape index (κ2) is 37.2. The molecule has 0 aromatic carbocycles. The average molecular weight is 663 g/mol. The molecular formula is C42H78O5. The Morgan fingerprint density at radius 1 is 0.489 bits per heavy atom. The summed E-state index contributed by atoms with van der Waals surface area (Å²) in [6.45, 7) is 7.18. The average Bonchev–Trinajstić information content (AvgIpc) is 3.06. The van der Waals surface area contributed by atoms with Crippen LogP contribution in [0.3, 0.4) is 0 Å². The first-order chi connectivity index (χ1) is 23.0. The van der Waals surface area contributed by atoms with Crippen LogP contribution in [0, 0.1) is 0 Å². The van der Waals surface area contributed by atoms with Crippen LogP contribution in [0.1, 0.15) is 213 Å². The Labute approximate surface area is 292 Å². The number of carbonyl (C=O) groups excluding carboxylic acids is 2. The standard InChI is InChI=1S/C42H78O5/c1-4-7-10-31-38-46-41(44)36-29-23-19-15-12-14-18-22-28-35-40(34-26-9-6-3)47-42(45)37-30-24-20-16-11-13-17-21-27-33-39(43)32-25-8-5-2/h17-18,21-22,39-40,43H,4-16,19-20,23-38H2,1-3H3/b21-17-,22-18-. The van der Waals surface area contributed by atoms with E-state index in [0.717, 1.165) is 103 Å². The summed E-state index contributed by atoms with van der Waals surface area (Å²) in [5.41, 5.74) is 0. The SMILES string of the molecule is CCCCCCOC(=O)CCCCCCC/C=C\CCC(CCCCC)OC(=O)CCCCCCC/C=C\CCC(O)CCCCC. The van der Waals surface area contributed by atoms with E-state index in [4.69, 9.17) is 9.47 Å². The highest BCUT2D eigenvalue weighted by molar-refractivity contribution is 5.69. The summed E-state index contributed by atoms with van der Waals surface area (Å²) in [6, 6.07) is 0. The summed E-state index contributed by atoms with van der Waals surface area (Å²) in [5, 5.41) is 9.99. The number of aliphatic hydroxyl groups excluding tert-OH is 1. The highest BCUT2D eigenvalue weighted by Crippen LogP contribution is 2.16. The normalized spacial score (nSPS) is 13.0. The van der Waals surface area contributed by atoms with Gasteiger partial charge >= 0.3 is 11.9 Å². The van der Waals surface area contributed by atoms with E-state index < -0.39 is 0 Å². The smallest absolute Gasteiger partial charge is 0.306 e. The largest absolute Gasteiger partial charge is 0.466 e. The number of hydrogen-bond donors (Lipinski definition) is 1. The van der Waals surface area contributed by atoms with E-state index in [1.165, 1.54) is 77.0 Å². The lowest BCUT2D eigenvalue weighted by Gasteiger charge is -2.17. The van der Waals surface area contributed by atoms with Crippen LogP contribution < -0.4 is 0 Å². The fourth-order valence-electron chi connectivity index (χ4n) is 5.86. The Bertz CT molecular complexity index is 731. The van der Waals surface area contributed by atoms with Crippen LogP contribution in [0.5, 0.6) is 0 Å². The lowest BCUT2D eigenvalue weighted by molar-refractivity contribution is -0.150. The first kappa shape index (κ1) is 45.4. The molecule has 0 fully saturated rings. The van der Waals surface area contributed by atoms with Gasteiger partial charge in [-0.15, -0.1) is 0 Å². The molecule has 0 saturated carbocycles. The van der Waals surface area contributed by atoms with Crippen molar-refractivity contribution >= 4 is 11.9 Å². The topological polar surface area (TPSA) is 72.8 Å². The zero-order chi connectivity index (χ0) is 34.5. The summed E-state index contributed by atoms with van der Waals surface area (Å²) in [6.07, 6.45) is 40.8. The van der Waals surface area contributed by atoms with Crippen LogP contribution in [-0.2, 0) is 19.1 Å². The van der Waals surface area contributed by atoms with Gasteiger partial charge in [0.15, 0.2) is 0 Å². The first-order valence-corrected chi connectivity index (χ1v) is 20.4. The molecule has 0 aromatic rings. The Balaban J connectivity index is 3.86. The van der Waals surface area contributed by atoms with E-state index in [1.807, 2.05) is 0 Å². The third-order valence-corrected chi connectivity index (χ3v) is 8.99. The van der Waals surface area contributed by atoms with Gasteiger partial charge in [0.1, 0.15) is 6.10 Å². The minimum absolute atomic E-state index is 0.0180. The summed E-state index contributed by atoms with van der Waals surface area (Å²) in [7, 11) is 0. The molecule has 47 heavy (non-hydrogen) atoms. The molecule has 0 aliphatic carbocycles. The van der Waals surface area contributed by atoms with Gasteiger partial charge in [-0.25, -0.2) is 0 Å². The van der Waals surface area contributed by atoms with E-state index in [9.17, 15) is 14.7 Å². The van der Waals surface area contributed by atoms with Gasteiger partial charge in [0.05, 0.1) is 12.7 Å². The lowest BCUT2D eigenvalue weighted by atomic mass is 10.0. The summed E-state index contributed by atoms with van der Waals surface area (Å²) in [5.74, 6) is -0.0500. The van der Waals surface area contributed by atoms with E-state index >= 15 is 0 Å². The number of hydrogen-bond acceptors (Lipinski definition) is 5. The molecule has 0 radical (unpaired) electrons. The Kier molecular flexibility index (Phi) is 35.9. The van der Waals surface area contributed by atoms with E-state index in [2.05, 4.69) is 45.1 Å². The maximum Gasteiger partial charge on any atom is 0.306 e. The van der Waals surface area contributed by atoms with Crippen molar-refractivity contribution in [2.75, 3.05) is 6.61 Å². The zero-order valence-corrected chi connectivity index (χ0v) is 31.5. The van der Waals surface area contributed by atoms with E-state index in [-0.39, 0.29) is 24.1 Å². The third-order valence-electron chi connectivity index (χ3n) is 8.99. The van der Waals surface area contributed by atoms with E-state index in [0.29, 0.717) is 19.4 Å². The van der Waals surface area contributed by atoms with Crippen LogP contribution in [0.25, 0.3) is 0 Å². The van der Waals surface area contributed by atoms with Gasteiger partial charge in [0.25, 0.3) is 0 Å². The molecule has 0 rings (SSSR count). The van der Waals surface area contributed by atoms with Crippen LogP contribution in [0.2, 0.25) is 0 Å². The van der Waals surface area contributed by atoms with Gasteiger partial charge in [-0.05, 0) is 89.9 Å². The molecule has 0 aromatic heterocycles. The highest BCUT2D eigenvalue weighted by atomic mass is 16.5. The molecule has 0 bridgehead atoms. The number of rotatable bonds is 36. The summed E-state index contributed by atoms with van der Waals surface area (Å²) < 4.78 is 11.2. The molecule has 5 nitrogen and oxygen atoms in total. The molecule has 5 heteroatoms. The van der Waals surface area contributed by atoms with Gasteiger partial charge in [-0.3, -0.25) is 9.59 Å². The molecule has 2 unspecified atom stereocenters. The molecule has 0 amide bonds. The number of aliphatic hydroxyl groups is 1. The summed E-state index contributed by atoms with van der Waals surface area (Å²) in [4.78, 5) is 24.3. The maximum absolute atomic E-state index is 12.6. The Hall–Kier alpha value is -1.62. The fraction of sp³-hybridized carbons (Fsp3) is 0.857. The number of allylic oxidation sites excluding steroid dienone is 4. The van der Waals surface area contributed by atoms with Crippen molar-refractivity contribution in [3.8, 4) is 0 Å². The molecule has 0 aliphatic heterocycles. The van der Waals surface area contributed by atoms with Crippen molar-refractivity contribution in [3.05, 3.63) is 24.3 Å². The van der Waals surface area contributed by atoms with E-state index in [1.54, 1.807) is 0 Å². The van der Waals surface area contributed by atoms with Crippen molar-refractivity contribution in [3.63, 3.8) is 0 Å². The Morgan fingerprint density at radius 3 is 1.57 bits per heavy atom. The maximum atomic E-state index is 12.6. The molecule has 276 valence electrons. The molecule has 1 N–H and O–H groups in total. The molecule has 2 atom stereocenters. The van der Waals surface area contributed by atoms with Crippen molar-refractivity contribution in [1.82, 2.24) is 0 Å². The van der Waals surface area contributed by atoms with Gasteiger partial charge < -0.3 is 14.6 Å². The van der Waals surface area contributed by atoms with Crippen LogP contribution in [-0.4, -0.2) is 35.9 Å². The van der Waals surface area contributed by atoms with Gasteiger partial charge in [-0.2, -0.15) is 0 Å². The molecular weight excluding hydrogens is 584 g/mol. The molecule has 0 heterocycles. The third kappa shape index (κ3) is 35.5. The molecule has 0 spiro atoms. The minimum Gasteiger partial charge on any atom is -0.466 e.